The zero-order chi connectivity index (χ0) is 38.1. The van der Waals surface area contributed by atoms with Gasteiger partial charge in [-0.15, -0.1) is 0 Å². The summed E-state index contributed by atoms with van der Waals surface area (Å²) in [7, 11) is 0. The van der Waals surface area contributed by atoms with E-state index in [-0.39, 0.29) is 13.2 Å². The van der Waals surface area contributed by atoms with Crippen LogP contribution in [0, 0.1) is 0 Å². The van der Waals surface area contributed by atoms with E-state index >= 15 is 0 Å². The van der Waals surface area contributed by atoms with Gasteiger partial charge in [0, 0.05) is 0 Å². The summed E-state index contributed by atoms with van der Waals surface area (Å²) < 4.78 is 6.60. The van der Waals surface area contributed by atoms with Crippen molar-refractivity contribution < 1.29 is 14.9 Å². The molecule has 2 aromatic carbocycles. The van der Waals surface area contributed by atoms with E-state index in [9.17, 15) is 0 Å². The van der Waals surface area contributed by atoms with E-state index in [0.29, 0.717) is 0 Å². The minimum Gasteiger partial charge on any atom is -0.457 e. The van der Waals surface area contributed by atoms with E-state index in [1.54, 1.807) is 0 Å². The number of hydrogen-bond acceptors (Lipinski definition) is 3. The van der Waals surface area contributed by atoms with Gasteiger partial charge in [-0.05, 0) is 48.9 Å². The van der Waals surface area contributed by atoms with Crippen molar-refractivity contribution in [2.45, 2.75) is 232 Å². The number of ether oxygens (including phenoxy) is 1. The molecule has 3 nitrogen and oxygen atoms in total. The molecule has 2 rings (SSSR count). The summed E-state index contributed by atoms with van der Waals surface area (Å²) in [5.41, 5.74) is 2.73. The second-order valence-electron chi connectivity index (χ2n) is 15.9. The molecule has 0 spiro atoms. The minimum absolute atomic E-state index is 0.125. The number of rotatable bonds is 37. The molecule has 53 heavy (non-hydrogen) atoms. The Kier molecular flexibility index (Phi) is 37.0. The van der Waals surface area contributed by atoms with Gasteiger partial charge in [0.05, 0.1) is 13.2 Å². The molecule has 3 heteroatoms. The molecule has 0 heterocycles. The van der Waals surface area contributed by atoms with Gasteiger partial charge in [-0.3, -0.25) is 0 Å². The normalized spacial score (nSPS) is 11.1. The maximum atomic E-state index is 7.62. The smallest absolute Gasteiger partial charge is 0.130 e. The lowest BCUT2D eigenvalue weighted by Gasteiger charge is -2.14. The summed E-state index contributed by atoms with van der Waals surface area (Å²) in [5.74, 6) is 2.12. The van der Waals surface area contributed by atoms with Crippen LogP contribution in [0.25, 0.3) is 0 Å². The van der Waals surface area contributed by atoms with Crippen molar-refractivity contribution >= 4 is 0 Å². The van der Waals surface area contributed by atoms with E-state index in [2.05, 4.69) is 62.4 Å². The van der Waals surface area contributed by atoms with Crippen molar-refractivity contribution in [3.05, 3.63) is 59.7 Å². The lowest BCUT2D eigenvalue weighted by Crippen LogP contribution is -1.96. The van der Waals surface area contributed by atoms with Crippen LogP contribution in [0.4, 0.5) is 0 Å². The zero-order valence-corrected chi connectivity index (χ0v) is 35.4. The number of aliphatic hydroxyl groups excluding tert-OH is 2. The van der Waals surface area contributed by atoms with Crippen LogP contribution < -0.4 is 4.74 Å². The molecule has 0 bridgehead atoms. The highest BCUT2D eigenvalue weighted by molar-refractivity contribution is 5.41. The number of hydrogen-bond donors (Lipinski definition) is 2. The largest absolute Gasteiger partial charge is 0.457 e. The topological polar surface area (TPSA) is 49.7 Å². The highest BCUT2D eigenvalue weighted by Crippen LogP contribution is 2.30. The average molecular weight is 737 g/mol. The van der Waals surface area contributed by atoms with Gasteiger partial charge in [-0.25, -0.2) is 0 Å². The first-order valence-electron chi connectivity index (χ1n) is 23.3. The Labute approximate surface area is 330 Å². The molecular weight excluding hydrogens is 649 g/mol. The van der Waals surface area contributed by atoms with E-state index in [1.165, 1.54) is 217 Å². The summed E-state index contributed by atoms with van der Waals surface area (Å²) in [6, 6.07) is 17.5. The summed E-state index contributed by atoms with van der Waals surface area (Å²) in [6.45, 7) is 4.36. The van der Waals surface area contributed by atoms with E-state index < -0.39 is 0 Å². The lowest BCUT2D eigenvalue weighted by atomic mass is 10.0. The first kappa shape index (κ1) is 49.2. The van der Waals surface area contributed by atoms with Gasteiger partial charge in [-0.1, -0.05) is 243 Å². The molecule has 0 saturated carbocycles. The van der Waals surface area contributed by atoms with Crippen molar-refractivity contribution in [3.63, 3.8) is 0 Å². The molecule has 0 fully saturated rings. The third-order valence-corrected chi connectivity index (χ3v) is 10.9. The van der Waals surface area contributed by atoms with Crippen LogP contribution in [-0.2, 0) is 12.8 Å². The second kappa shape index (κ2) is 39.8. The molecular formula is C50H88O3. The van der Waals surface area contributed by atoms with Crippen LogP contribution in [0.15, 0.2) is 48.5 Å². The molecule has 0 aliphatic rings. The molecule has 0 radical (unpaired) electrons. The molecule has 0 saturated heterocycles. The minimum atomic E-state index is -0.125. The van der Waals surface area contributed by atoms with Gasteiger partial charge in [0.2, 0.25) is 0 Å². The number of para-hydroxylation sites is 2. The number of aryl methyl sites for hydroxylation is 2. The van der Waals surface area contributed by atoms with Gasteiger partial charge >= 0.3 is 0 Å². The Bertz CT molecular complexity index is 924. The summed E-state index contributed by atoms with van der Waals surface area (Å²) in [5, 5.41) is 15.2. The summed E-state index contributed by atoms with van der Waals surface area (Å²) >= 11 is 0. The molecule has 0 aliphatic carbocycles. The van der Waals surface area contributed by atoms with Gasteiger partial charge in [0.25, 0.3) is 0 Å². The first-order valence-corrected chi connectivity index (χ1v) is 23.3. The van der Waals surface area contributed by atoms with Crippen molar-refractivity contribution in [2.75, 3.05) is 13.2 Å². The van der Waals surface area contributed by atoms with Crippen LogP contribution in [0.3, 0.4) is 0 Å². The zero-order valence-electron chi connectivity index (χ0n) is 35.4. The lowest BCUT2D eigenvalue weighted by molar-refractivity contribution is 0.186. The monoisotopic (exact) mass is 737 g/mol. The number of aliphatic hydroxyl groups is 2. The van der Waals surface area contributed by atoms with Gasteiger partial charge in [0.15, 0.2) is 0 Å². The van der Waals surface area contributed by atoms with Gasteiger partial charge in [-0.2, -0.15) is 0 Å². The summed E-state index contributed by atoms with van der Waals surface area (Å²) in [4.78, 5) is 0. The number of benzene rings is 2. The van der Waals surface area contributed by atoms with Crippen LogP contribution in [0.1, 0.15) is 230 Å². The van der Waals surface area contributed by atoms with E-state index in [1.807, 2.05) is 0 Å². The van der Waals surface area contributed by atoms with Crippen LogP contribution >= 0.6 is 0 Å². The Hall–Kier alpha value is -1.84. The molecule has 0 unspecified atom stereocenters. The predicted molar refractivity (Wildman–Crippen MR) is 234 cm³/mol. The molecule has 0 aromatic heterocycles. The maximum absolute atomic E-state index is 7.62. The van der Waals surface area contributed by atoms with Crippen LogP contribution in [0.2, 0.25) is 0 Å². The summed E-state index contributed by atoms with van der Waals surface area (Å²) in [6.07, 6.45) is 47.6. The Morgan fingerprint density at radius 3 is 0.792 bits per heavy atom. The van der Waals surface area contributed by atoms with Crippen molar-refractivity contribution in [2.24, 2.45) is 0 Å². The molecule has 0 amide bonds. The highest BCUT2D eigenvalue weighted by atomic mass is 16.5. The van der Waals surface area contributed by atoms with E-state index in [0.717, 1.165) is 24.3 Å². The third kappa shape index (κ3) is 31.1. The van der Waals surface area contributed by atoms with Crippen molar-refractivity contribution in [1.82, 2.24) is 0 Å². The molecule has 0 aliphatic heterocycles. The quantitative estimate of drug-likeness (QED) is 0.0679. The molecule has 0 atom stereocenters. The van der Waals surface area contributed by atoms with Gasteiger partial charge < -0.3 is 14.9 Å². The Balaban J connectivity index is 0.00000333. The predicted octanol–water partition coefficient (Wildman–Crippen LogP) is 16.1. The molecule has 306 valence electrons. The fraction of sp³-hybridized carbons (Fsp3) is 0.760. The number of unbranched alkanes of at least 4 members (excludes halogenated alkanes) is 30. The SMILES string of the molecule is CCCCCCCCCCCCCCCCCCc1ccccc1Oc1ccccc1CCCCCCCCCCCCCCCCCC.OCCO. The Morgan fingerprint density at radius 1 is 0.321 bits per heavy atom. The average Bonchev–Trinajstić information content (AvgIpc) is 3.18. The van der Waals surface area contributed by atoms with Crippen LogP contribution in [-0.4, -0.2) is 23.4 Å². The molecule has 2 aromatic rings. The Morgan fingerprint density at radius 2 is 0.547 bits per heavy atom. The van der Waals surface area contributed by atoms with Crippen LogP contribution in [0.5, 0.6) is 11.5 Å². The van der Waals surface area contributed by atoms with Crippen molar-refractivity contribution in [3.8, 4) is 11.5 Å². The second-order valence-corrected chi connectivity index (χ2v) is 15.9. The van der Waals surface area contributed by atoms with Gasteiger partial charge in [0.1, 0.15) is 11.5 Å². The highest BCUT2D eigenvalue weighted by Gasteiger charge is 2.09. The van der Waals surface area contributed by atoms with E-state index in [4.69, 9.17) is 14.9 Å². The third-order valence-electron chi connectivity index (χ3n) is 10.9. The van der Waals surface area contributed by atoms with Crippen molar-refractivity contribution in [1.29, 1.82) is 0 Å². The molecule has 2 N–H and O–H groups in total. The fourth-order valence-electron chi connectivity index (χ4n) is 7.47. The first-order chi connectivity index (χ1) is 26.3. The standard InChI is InChI=1S/C48H82O.C2H6O2/c1-3-5-7-9-11-13-15-17-19-21-23-25-27-29-31-33-39-45-41-35-37-43-47(45)49-48-44-38-36-42-46(48)40-34-32-30-28-26-24-22-20-18-16-14-12-10-8-6-4-2;3-1-2-4/h35-38,41-44H,3-34,39-40H2,1-2H3;3-4H,1-2H2. The maximum Gasteiger partial charge on any atom is 0.130 e. The fourth-order valence-corrected chi connectivity index (χ4v) is 7.47.